The van der Waals surface area contributed by atoms with E-state index in [9.17, 15) is 15.0 Å². The quantitative estimate of drug-likeness (QED) is 0.664. The van der Waals surface area contributed by atoms with Crippen molar-refractivity contribution >= 4 is 11.6 Å². The lowest BCUT2D eigenvalue weighted by Crippen LogP contribution is -2.49. The van der Waals surface area contributed by atoms with Crippen molar-refractivity contribution in [2.24, 2.45) is 5.73 Å². The standard InChI is InChI=1S/C17H25N3O4/c18-11-14-17(23)16(22)13(24-14)10-15(21)20-8-6-19(7-9-20)12-4-2-1-3-5-12/h1-5,13-14,16-17,22-23H,6-11,18H2. The Bertz CT molecular complexity index is 548. The molecule has 0 spiro atoms. The third kappa shape index (κ3) is 3.54. The molecule has 1 aromatic carbocycles. The minimum Gasteiger partial charge on any atom is -0.388 e. The Kier molecular flexibility index (Phi) is 5.35. The number of anilines is 1. The van der Waals surface area contributed by atoms with Gasteiger partial charge in [-0.25, -0.2) is 0 Å². The smallest absolute Gasteiger partial charge is 0.225 e. The Morgan fingerprint density at radius 2 is 1.71 bits per heavy atom. The van der Waals surface area contributed by atoms with E-state index in [1.807, 2.05) is 18.2 Å². The van der Waals surface area contributed by atoms with Crippen LogP contribution in [0.3, 0.4) is 0 Å². The number of nitrogens with zero attached hydrogens (tertiary/aromatic N) is 2. The van der Waals surface area contributed by atoms with Gasteiger partial charge in [0.15, 0.2) is 0 Å². The van der Waals surface area contributed by atoms with Crippen molar-refractivity contribution in [2.75, 3.05) is 37.6 Å². The third-order valence-corrected chi connectivity index (χ3v) is 4.82. The molecule has 1 aromatic rings. The van der Waals surface area contributed by atoms with Gasteiger partial charge in [-0.1, -0.05) is 18.2 Å². The fourth-order valence-electron chi connectivity index (χ4n) is 3.34. The summed E-state index contributed by atoms with van der Waals surface area (Å²) in [7, 11) is 0. The molecule has 0 bridgehead atoms. The van der Waals surface area contributed by atoms with Gasteiger partial charge in [0.2, 0.25) is 5.91 Å². The number of hydrogen-bond acceptors (Lipinski definition) is 6. The van der Waals surface area contributed by atoms with Crippen LogP contribution in [0.2, 0.25) is 0 Å². The van der Waals surface area contributed by atoms with E-state index in [0.29, 0.717) is 13.1 Å². The number of para-hydroxylation sites is 1. The van der Waals surface area contributed by atoms with Crippen molar-refractivity contribution in [1.82, 2.24) is 4.90 Å². The number of aliphatic hydroxyl groups excluding tert-OH is 2. The van der Waals surface area contributed by atoms with Crippen molar-refractivity contribution < 1.29 is 19.7 Å². The van der Waals surface area contributed by atoms with Crippen LogP contribution in [0, 0.1) is 0 Å². The molecule has 7 heteroatoms. The van der Waals surface area contributed by atoms with Crippen LogP contribution in [0.25, 0.3) is 0 Å². The van der Waals surface area contributed by atoms with Crippen LogP contribution in [-0.4, -0.2) is 78.2 Å². The van der Waals surface area contributed by atoms with Crippen LogP contribution in [0.15, 0.2) is 30.3 Å². The second kappa shape index (κ2) is 7.48. The first-order chi connectivity index (χ1) is 11.6. The van der Waals surface area contributed by atoms with Crippen LogP contribution in [-0.2, 0) is 9.53 Å². The zero-order chi connectivity index (χ0) is 17.1. The lowest BCUT2D eigenvalue weighted by atomic mass is 10.0. The zero-order valence-electron chi connectivity index (χ0n) is 13.6. The SMILES string of the molecule is NCC1OC(CC(=O)N2CCN(c3ccccc3)CC2)C(O)C1O. The first-order valence-electron chi connectivity index (χ1n) is 8.39. The number of carbonyl (C=O) groups excluding carboxylic acids is 1. The minimum absolute atomic E-state index is 0.0587. The Hall–Kier alpha value is -1.67. The van der Waals surface area contributed by atoms with Gasteiger partial charge in [-0.3, -0.25) is 4.79 Å². The van der Waals surface area contributed by atoms with E-state index in [2.05, 4.69) is 17.0 Å². The first kappa shape index (κ1) is 17.2. The first-order valence-corrected chi connectivity index (χ1v) is 8.39. The second-order valence-corrected chi connectivity index (χ2v) is 6.34. The van der Waals surface area contributed by atoms with Crippen molar-refractivity contribution in [3.8, 4) is 0 Å². The third-order valence-electron chi connectivity index (χ3n) is 4.82. The number of amides is 1. The molecule has 4 unspecified atom stereocenters. The maximum atomic E-state index is 12.4. The van der Waals surface area contributed by atoms with E-state index in [-0.39, 0.29) is 18.9 Å². The second-order valence-electron chi connectivity index (χ2n) is 6.34. The summed E-state index contributed by atoms with van der Waals surface area (Å²) in [5, 5.41) is 19.8. The summed E-state index contributed by atoms with van der Waals surface area (Å²) in [4.78, 5) is 16.5. The van der Waals surface area contributed by atoms with Crippen LogP contribution in [0.4, 0.5) is 5.69 Å². The predicted octanol–water partition coefficient (Wildman–Crippen LogP) is -0.827. The van der Waals surface area contributed by atoms with E-state index in [0.717, 1.165) is 18.8 Å². The van der Waals surface area contributed by atoms with Gasteiger partial charge in [-0.05, 0) is 12.1 Å². The van der Waals surface area contributed by atoms with E-state index in [1.165, 1.54) is 0 Å². The highest BCUT2D eigenvalue weighted by atomic mass is 16.5. The maximum absolute atomic E-state index is 12.4. The molecule has 2 aliphatic rings. The molecule has 2 aliphatic heterocycles. The van der Waals surface area contributed by atoms with Gasteiger partial charge in [0.1, 0.15) is 12.2 Å². The Morgan fingerprint density at radius 1 is 1.08 bits per heavy atom. The molecule has 2 fully saturated rings. The number of piperazine rings is 1. The summed E-state index contributed by atoms with van der Waals surface area (Å²) in [5.74, 6) is -0.0587. The molecule has 0 radical (unpaired) electrons. The van der Waals surface area contributed by atoms with E-state index in [1.54, 1.807) is 4.90 Å². The highest BCUT2D eigenvalue weighted by molar-refractivity contribution is 5.77. The van der Waals surface area contributed by atoms with E-state index < -0.39 is 24.4 Å². The molecule has 1 amide bonds. The number of aliphatic hydroxyl groups is 2. The average molecular weight is 335 g/mol. The van der Waals surface area contributed by atoms with Crippen molar-refractivity contribution in [3.63, 3.8) is 0 Å². The van der Waals surface area contributed by atoms with Gasteiger partial charge >= 0.3 is 0 Å². The highest BCUT2D eigenvalue weighted by Crippen LogP contribution is 2.24. The van der Waals surface area contributed by atoms with Crippen LogP contribution >= 0.6 is 0 Å². The lowest BCUT2D eigenvalue weighted by molar-refractivity contribution is -0.135. The van der Waals surface area contributed by atoms with Gasteiger partial charge in [0.25, 0.3) is 0 Å². The van der Waals surface area contributed by atoms with E-state index >= 15 is 0 Å². The summed E-state index contributed by atoms with van der Waals surface area (Å²) >= 11 is 0. The van der Waals surface area contributed by atoms with Gasteiger partial charge in [0, 0.05) is 38.4 Å². The van der Waals surface area contributed by atoms with Crippen LogP contribution in [0.1, 0.15) is 6.42 Å². The number of benzene rings is 1. The topological polar surface area (TPSA) is 99.3 Å². The Labute approximate surface area is 141 Å². The minimum atomic E-state index is -1.06. The summed E-state index contributed by atoms with van der Waals surface area (Å²) in [6.45, 7) is 2.95. The Morgan fingerprint density at radius 3 is 2.29 bits per heavy atom. The van der Waals surface area contributed by atoms with E-state index in [4.69, 9.17) is 10.5 Å². The van der Waals surface area contributed by atoms with Crippen molar-refractivity contribution in [3.05, 3.63) is 30.3 Å². The van der Waals surface area contributed by atoms with Gasteiger partial charge in [0.05, 0.1) is 18.6 Å². The molecule has 2 saturated heterocycles. The number of carbonyl (C=O) groups is 1. The molecule has 4 atom stereocenters. The Balaban J connectivity index is 1.51. The number of nitrogens with two attached hydrogens (primary N) is 1. The van der Waals surface area contributed by atoms with Crippen molar-refractivity contribution in [2.45, 2.75) is 30.8 Å². The highest BCUT2D eigenvalue weighted by Gasteiger charge is 2.43. The summed E-state index contributed by atoms with van der Waals surface area (Å²) in [6.07, 6.45) is -3.31. The molecular weight excluding hydrogens is 310 g/mol. The predicted molar refractivity (Wildman–Crippen MR) is 89.6 cm³/mol. The fourth-order valence-corrected chi connectivity index (χ4v) is 3.34. The maximum Gasteiger partial charge on any atom is 0.225 e. The molecule has 3 rings (SSSR count). The molecule has 0 aromatic heterocycles. The van der Waals surface area contributed by atoms with Gasteiger partial charge in [-0.2, -0.15) is 0 Å². The molecule has 0 saturated carbocycles. The molecule has 4 N–H and O–H groups in total. The summed E-state index contributed by atoms with van der Waals surface area (Å²) in [6, 6.07) is 10.1. The van der Waals surface area contributed by atoms with Crippen LogP contribution in [0.5, 0.6) is 0 Å². The molecule has 24 heavy (non-hydrogen) atoms. The van der Waals surface area contributed by atoms with Crippen LogP contribution < -0.4 is 10.6 Å². The number of hydrogen-bond donors (Lipinski definition) is 3. The molecule has 0 aliphatic carbocycles. The monoisotopic (exact) mass is 335 g/mol. The lowest BCUT2D eigenvalue weighted by Gasteiger charge is -2.36. The molecule has 132 valence electrons. The normalized spacial score (nSPS) is 30.6. The number of ether oxygens (including phenoxy) is 1. The average Bonchev–Trinajstić information content (AvgIpc) is 2.90. The van der Waals surface area contributed by atoms with Crippen molar-refractivity contribution in [1.29, 1.82) is 0 Å². The zero-order valence-corrected chi connectivity index (χ0v) is 13.6. The molecular formula is C17H25N3O4. The summed E-state index contributed by atoms with van der Waals surface area (Å²) in [5.41, 5.74) is 6.66. The molecule has 2 heterocycles. The van der Waals surface area contributed by atoms with Gasteiger partial charge < -0.3 is 30.5 Å². The largest absolute Gasteiger partial charge is 0.388 e. The fraction of sp³-hybridized carbons (Fsp3) is 0.588. The summed E-state index contributed by atoms with van der Waals surface area (Å²) < 4.78 is 5.50. The molecule has 7 nitrogen and oxygen atoms in total. The van der Waals surface area contributed by atoms with Gasteiger partial charge in [-0.15, -0.1) is 0 Å². The number of rotatable bonds is 4.